The lowest BCUT2D eigenvalue weighted by atomic mass is 10.0. The van der Waals surface area contributed by atoms with Crippen molar-refractivity contribution in [2.24, 2.45) is 5.92 Å². The molecule has 0 saturated carbocycles. The van der Waals surface area contributed by atoms with E-state index in [1.165, 1.54) is 0 Å². The van der Waals surface area contributed by atoms with Gasteiger partial charge in [0.05, 0.1) is 32.8 Å². The Hall–Kier alpha value is -1.63. The zero-order valence-electron chi connectivity index (χ0n) is 11.9. The van der Waals surface area contributed by atoms with Crippen LogP contribution in [0, 0.1) is 5.92 Å². The molecule has 0 aliphatic carbocycles. The number of hydrogen-bond donors (Lipinski definition) is 0. The Morgan fingerprint density at radius 2 is 1.55 bits per heavy atom. The molecule has 0 spiro atoms. The Labute approximate surface area is 118 Å². The van der Waals surface area contributed by atoms with Crippen LogP contribution in [-0.4, -0.2) is 62.3 Å². The maximum atomic E-state index is 12.1. The van der Waals surface area contributed by atoms with Crippen LogP contribution in [0.15, 0.2) is 0 Å². The average molecular weight is 287 g/mol. The van der Waals surface area contributed by atoms with Gasteiger partial charge in [0.1, 0.15) is 0 Å². The van der Waals surface area contributed by atoms with Gasteiger partial charge in [-0.3, -0.25) is 14.4 Å². The minimum Gasteiger partial charge on any atom is -0.465 e. The topological polar surface area (TPSA) is 82.1 Å². The van der Waals surface area contributed by atoms with Crippen LogP contribution in [0.1, 0.15) is 20.3 Å². The van der Waals surface area contributed by atoms with Crippen LogP contribution < -0.4 is 0 Å². The van der Waals surface area contributed by atoms with Crippen molar-refractivity contribution in [3.8, 4) is 0 Å². The zero-order chi connectivity index (χ0) is 15.0. The molecular weight excluding hydrogens is 266 g/mol. The molecular formula is C13H21NO6. The number of ether oxygens (including phenoxy) is 3. The van der Waals surface area contributed by atoms with Crippen molar-refractivity contribution in [1.82, 2.24) is 4.90 Å². The van der Waals surface area contributed by atoms with Gasteiger partial charge in [-0.1, -0.05) is 0 Å². The number of hydrogen-bond acceptors (Lipinski definition) is 6. The van der Waals surface area contributed by atoms with Crippen molar-refractivity contribution in [3.63, 3.8) is 0 Å². The standard InChI is InChI=1S/C13H21NO6/c1-3-19-12(16)10(13(17)20-4-2)9-11(15)14-5-7-18-8-6-14/h10H,3-9H2,1-2H3. The summed E-state index contributed by atoms with van der Waals surface area (Å²) in [5.74, 6) is -2.88. The van der Waals surface area contributed by atoms with Crippen molar-refractivity contribution in [2.75, 3.05) is 39.5 Å². The van der Waals surface area contributed by atoms with Crippen LogP contribution >= 0.6 is 0 Å². The SMILES string of the molecule is CCOC(=O)C(CC(=O)N1CCOCC1)C(=O)OCC. The Kier molecular flexibility index (Phi) is 7.00. The summed E-state index contributed by atoms with van der Waals surface area (Å²) >= 11 is 0. The minimum atomic E-state index is -1.19. The van der Waals surface area contributed by atoms with Gasteiger partial charge in [0, 0.05) is 13.1 Å². The van der Waals surface area contributed by atoms with Gasteiger partial charge in [0.2, 0.25) is 5.91 Å². The Morgan fingerprint density at radius 1 is 1.05 bits per heavy atom. The molecule has 114 valence electrons. The fourth-order valence-electron chi connectivity index (χ4n) is 1.87. The Morgan fingerprint density at radius 3 is 2.00 bits per heavy atom. The first kappa shape index (κ1) is 16.4. The maximum Gasteiger partial charge on any atom is 0.320 e. The summed E-state index contributed by atoms with van der Waals surface area (Å²) in [5.41, 5.74) is 0. The first-order valence-corrected chi connectivity index (χ1v) is 6.78. The van der Waals surface area contributed by atoms with E-state index in [0.717, 1.165) is 0 Å². The highest BCUT2D eigenvalue weighted by Crippen LogP contribution is 2.12. The van der Waals surface area contributed by atoms with Crippen LogP contribution in [-0.2, 0) is 28.6 Å². The molecule has 1 fully saturated rings. The number of rotatable bonds is 6. The molecule has 0 atom stereocenters. The molecule has 20 heavy (non-hydrogen) atoms. The monoisotopic (exact) mass is 287 g/mol. The highest BCUT2D eigenvalue weighted by atomic mass is 16.6. The van der Waals surface area contributed by atoms with Gasteiger partial charge in [0.25, 0.3) is 0 Å². The molecule has 0 aromatic heterocycles. The van der Waals surface area contributed by atoms with Crippen molar-refractivity contribution < 1.29 is 28.6 Å². The second-order valence-corrected chi connectivity index (χ2v) is 4.25. The lowest BCUT2D eigenvalue weighted by molar-refractivity contribution is -0.164. The highest BCUT2D eigenvalue weighted by molar-refractivity contribution is 5.98. The first-order valence-electron chi connectivity index (χ1n) is 6.78. The molecule has 0 bridgehead atoms. The van der Waals surface area contributed by atoms with E-state index in [9.17, 15) is 14.4 Å². The smallest absolute Gasteiger partial charge is 0.320 e. The fourth-order valence-corrected chi connectivity index (χ4v) is 1.87. The second-order valence-electron chi connectivity index (χ2n) is 4.25. The van der Waals surface area contributed by atoms with Gasteiger partial charge < -0.3 is 19.1 Å². The van der Waals surface area contributed by atoms with Crippen molar-refractivity contribution >= 4 is 17.8 Å². The molecule has 0 radical (unpaired) electrons. The lowest BCUT2D eigenvalue weighted by Gasteiger charge is -2.27. The molecule has 7 heteroatoms. The van der Waals surface area contributed by atoms with E-state index < -0.39 is 17.9 Å². The van der Waals surface area contributed by atoms with Crippen LogP contribution in [0.25, 0.3) is 0 Å². The highest BCUT2D eigenvalue weighted by Gasteiger charge is 2.33. The van der Waals surface area contributed by atoms with E-state index >= 15 is 0 Å². The number of esters is 2. The van der Waals surface area contributed by atoms with Crippen LogP contribution in [0.5, 0.6) is 0 Å². The Bertz CT molecular complexity index is 333. The van der Waals surface area contributed by atoms with E-state index in [0.29, 0.717) is 26.3 Å². The normalized spacial score (nSPS) is 15.1. The first-order chi connectivity index (χ1) is 9.60. The molecule has 0 unspecified atom stereocenters. The molecule has 0 N–H and O–H groups in total. The van der Waals surface area contributed by atoms with Gasteiger partial charge >= 0.3 is 11.9 Å². The third-order valence-electron chi connectivity index (χ3n) is 2.88. The van der Waals surface area contributed by atoms with Gasteiger partial charge in [-0.25, -0.2) is 0 Å². The molecule has 1 amide bonds. The summed E-state index contributed by atoms with van der Waals surface area (Å²) in [4.78, 5) is 37.2. The Balaban J connectivity index is 2.64. The largest absolute Gasteiger partial charge is 0.465 e. The number of amides is 1. The predicted octanol–water partition coefficient (Wildman–Crippen LogP) is -0.0223. The van der Waals surface area contributed by atoms with E-state index in [2.05, 4.69) is 0 Å². The fraction of sp³-hybridized carbons (Fsp3) is 0.769. The average Bonchev–Trinajstić information content (AvgIpc) is 2.45. The lowest BCUT2D eigenvalue weighted by Crippen LogP contribution is -2.43. The van der Waals surface area contributed by atoms with Crippen molar-refractivity contribution in [3.05, 3.63) is 0 Å². The maximum absolute atomic E-state index is 12.1. The molecule has 0 aromatic carbocycles. The van der Waals surface area contributed by atoms with E-state index in [1.807, 2.05) is 0 Å². The van der Waals surface area contributed by atoms with Crippen LogP contribution in [0.2, 0.25) is 0 Å². The van der Waals surface area contributed by atoms with Gasteiger partial charge in [-0.2, -0.15) is 0 Å². The number of nitrogens with zero attached hydrogens (tertiary/aromatic N) is 1. The number of carbonyl (C=O) groups excluding carboxylic acids is 3. The molecule has 1 saturated heterocycles. The summed E-state index contributed by atoms with van der Waals surface area (Å²) < 4.78 is 14.8. The van der Waals surface area contributed by atoms with Crippen LogP contribution in [0.4, 0.5) is 0 Å². The molecule has 1 heterocycles. The number of morpholine rings is 1. The predicted molar refractivity (Wildman–Crippen MR) is 68.8 cm³/mol. The van der Waals surface area contributed by atoms with Crippen molar-refractivity contribution in [1.29, 1.82) is 0 Å². The quantitative estimate of drug-likeness (QED) is 0.504. The van der Waals surface area contributed by atoms with Gasteiger partial charge in [-0.05, 0) is 13.8 Å². The van der Waals surface area contributed by atoms with E-state index in [1.54, 1.807) is 18.7 Å². The molecule has 0 aromatic rings. The van der Waals surface area contributed by atoms with Crippen molar-refractivity contribution in [2.45, 2.75) is 20.3 Å². The van der Waals surface area contributed by atoms with E-state index in [4.69, 9.17) is 14.2 Å². The summed E-state index contributed by atoms with van der Waals surface area (Å²) in [6.07, 6.45) is -0.225. The van der Waals surface area contributed by atoms with E-state index in [-0.39, 0.29) is 25.5 Å². The van der Waals surface area contributed by atoms with Gasteiger partial charge in [-0.15, -0.1) is 0 Å². The zero-order valence-corrected chi connectivity index (χ0v) is 11.9. The molecule has 1 aliphatic rings. The summed E-state index contributed by atoms with van der Waals surface area (Å²) in [5, 5.41) is 0. The number of carbonyl (C=O) groups is 3. The minimum absolute atomic E-state index is 0.153. The molecule has 1 rings (SSSR count). The summed E-state index contributed by atoms with van der Waals surface area (Å²) in [6.45, 7) is 5.47. The van der Waals surface area contributed by atoms with Gasteiger partial charge in [0.15, 0.2) is 5.92 Å². The third-order valence-corrected chi connectivity index (χ3v) is 2.88. The second kappa shape index (κ2) is 8.52. The summed E-state index contributed by atoms with van der Waals surface area (Å²) in [7, 11) is 0. The third kappa shape index (κ3) is 4.80. The molecule has 1 aliphatic heterocycles. The van der Waals surface area contributed by atoms with Crippen LogP contribution in [0.3, 0.4) is 0 Å². The summed E-state index contributed by atoms with van der Waals surface area (Å²) in [6, 6.07) is 0. The molecule has 7 nitrogen and oxygen atoms in total.